The lowest BCUT2D eigenvalue weighted by Gasteiger charge is -2.24. The fourth-order valence-corrected chi connectivity index (χ4v) is 3.01. The van der Waals surface area contributed by atoms with E-state index in [-0.39, 0.29) is 6.04 Å². The van der Waals surface area contributed by atoms with Crippen molar-refractivity contribution in [2.45, 2.75) is 38.1 Å². The molecule has 1 aromatic carbocycles. The van der Waals surface area contributed by atoms with Gasteiger partial charge in [0.25, 0.3) is 0 Å². The predicted molar refractivity (Wildman–Crippen MR) is 84.9 cm³/mol. The van der Waals surface area contributed by atoms with Gasteiger partial charge in [0.2, 0.25) is 0 Å². The molecule has 0 radical (unpaired) electrons. The molecule has 1 aromatic rings. The average Bonchev–Trinajstić information content (AvgIpc) is 3.31. The Bertz CT molecular complexity index is 426. The molecule has 110 valence electrons. The van der Waals surface area contributed by atoms with E-state index in [9.17, 15) is 0 Å². The smallest absolute Gasteiger partial charge is 0.0409 e. The van der Waals surface area contributed by atoms with Crippen LogP contribution in [0.4, 0.5) is 0 Å². The zero-order valence-electron chi connectivity index (χ0n) is 12.1. The largest absolute Gasteiger partial charge is 0.324 e. The van der Waals surface area contributed by atoms with Gasteiger partial charge in [-0.15, -0.1) is 0 Å². The maximum Gasteiger partial charge on any atom is 0.0409 e. The molecule has 2 aliphatic carbocycles. The van der Waals surface area contributed by atoms with Gasteiger partial charge in [-0.2, -0.15) is 0 Å². The summed E-state index contributed by atoms with van der Waals surface area (Å²) in [6.07, 6.45) is 6.76. The monoisotopic (exact) mass is 292 g/mol. The highest BCUT2D eigenvalue weighted by Crippen LogP contribution is 2.34. The van der Waals surface area contributed by atoms with Crippen LogP contribution in [0.2, 0.25) is 5.02 Å². The van der Waals surface area contributed by atoms with Crippen molar-refractivity contribution in [3.8, 4) is 0 Å². The van der Waals surface area contributed by atoms with Crippen LogP contribution in [0.25, 0.3) is 0 Å². The van der Waals surface area contributed by atoms with Gasteiger partial charge in [0.05, 0.1) is 0 Å². The Kier molecular flexibility index (Phi) is 4.65. The summed E-state index contributed by atoms with van der Waals surface area (Å²) in [7, 11) is 0. The molecule has 1 unspecified atom stereocenters. The molecule has 20 heavy (non-hydrogen) atoms. The van der Waals surface area contributed by atoms with Gasteiger partial charge in [0, 0.05) is 24.2 Å². The molecule has 0 aromatic heterocycles. The van der Waals surface area contributed by atoms with E-state index in [1.54, 1.807) is 0 Å². The highest BCUT2D eigenvalue weighted by molar-refractivity contribution is 6.30. The van der Waals surface area contributed by atoms with Gasteiger partial charge in [-0.3, -0.25) is 0 Å². The summed E-state index contributed by atoms with van der Waals surface area (Å²) >= 11 is 6.04. The van der Waals surface area contributed by atoms with Crippen LogP contribution in [0, 0.1) is 11.8 Å². The van der Waals surface area contributed by atoms with Crippen molar-refractivity contribution < 1.29 is 0 Å². The van der Waals surface area contributed by atoms with E-state index in [0.717, 1.165) is 35.4 Å². The Hall–Kier alpha value is -0.570. The minimum absolute atomic E-state index is 0.106. The van der Waals surface area contributed by atoms with Crippen LogP contribution in [0.3, 0.4) is 0 Å². The molecule has 0 amide bonds. The van der Waals surface area contributed by atoms with Gasteiger partial charge >= 0.3 is 0 Å². The van der Waals surface area contributed by atoms with Crippen molar-refractivity contribution in [2.24, 2.45) is 17.6 Å². The van der Waals surface area contributed by atoms with E-state index >= 15 is 0 Å². The van der Waals surface area contributed by atoms with Crippen molar-refractivity contribution in [3.05, 3.63) is 34.9 Å². The second kappa shape index (κ2) is 6.46. The SMILES string of the molecule is NC(CCN(CC1CC1)CC1CC1)c1cccc(Cl)c1. The molecule has 0 saturated heterocycles. The fraction of sp³-hybridized carbons (Fsp3) is 0.647. The molecule has 0 bridgehead atoms. The number of benzene rings is 1. The lowest BCUT2D eigenvalue weighted by molar-refractivity contribution is 0.243. The van der Waals surface area contributed by atoms with Crippen molar-refractivity contribution in [3.63, 3.8) is 0 Å². The molecule has 3 rings (SSSR count). The predicted octanol–water partition coefficient (Wildman–Crippen LogP) is 3.85. The maximum atomic E-state index is 6.32. The minimum atomic E-state index is 0.106. The molecule has 2 nitrogen and oxygen atoms in total. The van der Waals surface area contributed by atoms with E-state index in [2.05, 4.69) is 11.0 Å². The number of hydrogen-bond donors (Lipinski definition) is 1. The van der Waals surface area contributed by atoms with Crippen LogP contribution in [-0.2, 0) is 0 Å². The standard InChI is InChI=1S/C17H25ClN2/c18-16-3-1-2-15(10-16)17(19)8-9-20(11-13-4-5-13)12-14-6-7-14/h1-3,10,13-14,17H,4-9,11-12,19H2. The van der Waals surface area contributed by atoms with Crippen molar-refractivity contribution in [1.29, 1.82) is 0 Å². The summed E-state index contributed by atoms with van der Waals surface area (Å²) in [4.78, 5) is 2.65. The fourth-order valence-electron chi connectivity index (χ4n) is 2.81. The van der Waals surface area contributed by atoms with Crippen LogP contribution in [0.5, 0.6) is 0 Å². The zero-order valence-corrected chi connectivity index (χ0v) is 12.9. The lowest BCUT2D eigenvalue weighted by atomic mass is 10.0. The summed E-state index contributed by atoms with van der Waals surface area (Å²) in [5, 5.41) is 0.783. The quantitative estimate of drug-likeness (QED) is 0.788. The third-order valence-corrected chi connectivity index (χ3v) is 4.69. The number of nitrogens with two attached hydrogens (primary N) is 1. The first-order valence-electron chi connectivity index (χ1n) is 7.94. The van der Waals surface area contributed by atoms with Crippen LogP contribution in [0.15, 0.2) is 24.3 Å². The summed E-state index contributed by atoms with van der Waals surface area (Å²) in [5.41, 5.74) is 7.48. The van der Waals surface area contributed by atoms with E-state index in [4.69, 9.17) is 17.3 Å². The third kappa shape index (κ3) is 4.47. The van der Waals surface area contributed by atoms with Gasteiger partial charge in [-0.1, -0.05) is 23.7 Å². The second-order valence-corrected chi connectivity index (χ2v) is 7.03. The molecule has 1 atom stereocenters. The molecule has 0 aliphatic heterocycles. The Balaban J connectivity index is 1.49. The Labute approximate surface area is 127 Å². The van der Waals surface area contributed by atoms with Crippen molar-refractivity contribution in [2.75, 3.05) is 19.6 Å². The normalized spacial score (nSPS) is 20.4. The first-order chi connectivity index (χ1) is 9.70. The molecule has 0 spiro atoms. The Morgan fingerprint density at radius 2 is 1.80 bits per heavy atom. The van der Waals surface area contributed by atoms with Crippen LogP contribution >= 0.6 is 11.6 Å². The van der Waals surface area contributed by atoms with E-state index in [0.29, 0.717) is 0 Å². The van der Waals surface area contributed by atoms with Gasteiger partial charge < -0.3 is 10.6 Å². The Morgan fingerprint density at radius 3 is 2.35 bits per heavy atom. The molecule has 0 heterocycles. The van der Waals surface area contributed by atoms with Crippen LogP contribution < -0.4 is 5.73 Å². The highest BCUT2D eigenvalue weighted by Gasteiger charge is 2.29. The van der Waals surface area contributed by atoms with Crippen molar-refractivity contribution >= 4 is 11.6 Å². The number of halogens is 1. The molecular formula is C17H25ClN2. The average molecular weight is 293 g/mol. The second-order valence-electron chi connectivity index (χ2n) is 6.60. The third-order valence-electron chi connectivity index (χ3n) is 4.46. The summed E-state index contributed by atoms with van der Waals surface area (Å²) in [5.74, 6) is 1.94. The molecule has 3 heteroatoms. The zero-order chi connectivity index (χ0) is 13.9. The molecule has 2 aliphatic rings. The highest BCUT2D eigenvalue weighted by atomic mass is 35.5. The lowest BCUT2D eigenvalue weighted by Crippen LogP contribution is -2.31. The van der Waals surface area contributed by atoms with Gasteiger partial charge in [0.1, 0.15) is 0 Å². The molecule has 2 saturated carbocycles. The molecule has 2 N–H and O–H groups in total. The van der Waals surface area contributed by atoms with Crippen molar-refractivity contribution in [1.82, 2.24) is 4.90 Å². The Morgan fingerprint density at radius 1 is 1.15 bits per heavy atom. The van der Waals surface area contributed by atoms with E-state index in [1.807, 2.05) is 18.2 Å². The minimum Gasteiger partial charge on any atom is -0.324 e. The van der Waals surface area contributed by atoms with E-state index < -0.39 is 0 Å². The number of rotatable bonds is 8. The topological polar surface area (TPSA) is 29.3 Å². The molecular weight excluding hydrogens is 268 g/mol. The summed E-state index contributed by atoms with van der Waals surface area (Å²) in [6.45, 7) is 3.71. The first-order valence-corrected chi connectivity index (χ1v) is 8.32. The maximum absolute atomic E-state index is 6.32. The number of hydrogen-bond acceptors (Lipinski definition) is 2. The van der Waals surface area contributed by atoms with Crippen LogP contribution in [0.1, 0.15) is 43.7 Å². The molecule has 2 fully saturated rings. The van der Waals surface area contributed by atoms with Gasteiger partial charge in [-0.25, -0.2) is 0 Å². The number of nitrogens with zero attached hydrogens (tertiary/aromatic N) is 1. The summed E-state index contributed by atoms with van der Waals surface area (Å²) in [6, 6.07) is 8.09. The van der Waals surface area contributed by atoms with Crippen LogP contribution in [-0.4, -0.2) is 24.5 Å². The van der Waals surface area contributed by atoms with E-state index in [1.165, 1.54) is 38.8 Å². The van der Waals surface area contributed by atoms with Gasteiger partial charge in [-0.05, 0) is 68.2 Å². The first kappa shape index (κ1) is 14.4. The summed E-state index contributed by atoms with van der Waals surface area (Å²) < 4.78 is 0. The van der Waals surface area contributed by atoms with Gasteiger partial charge in [0.15, 0.2) is 0 Å².